The van der Waals surface area contributed by atoms with E-state index in [1.165, 1.54) is 5.56 Å². The predicted octanol–water partition coefficient (Wildman–Crippen LogP) is 5.53. The number of aromatic nitrogens is 3. The van der Waals surface area contributed by atoms with Crippen LogP contribution in [0.25, 0.3) is 0 Å². The van der Waals surface area contributed by atoms with Crippen molar-refractivity contribution in [3.8, 4) is 5.75 Å². The normalized spacial score (nSPS) is 11.4. The SMILES string of the molecule is CC(C)CCOc1ccc(/C=N\n2cnnc2SCc2ccc(Cl)cc2)cc1. The number of ether oxygens (including phenoxy) is 1. The van der Waals surface area contributed by atoms with E-state index in [-0.39, 0.29) is 0 Å². The van der Waals surface area contributed by atoms with Crippen LogP contribution in [0.1, 0.15) is 31.4 Å². The summed E-state index contributed by atoms with van der Waals surface area (Å²) in [6.07, 6.45) is 4.44. The quantitative estimate of drug-likeness (QED) is 0.341. The van der Waals surface area contributed by atoms with Gasteiger partial charge in [-0.15, -0.1) is 10.2 Å². The summed E-state index contributed by atoms with van der Waals surface area (Å²) in [4.78, 5) is 0. The molecule has 3 aromatic rings. The van der Waals surface area contributed by atoms with Crippen LogP contribution in [0.15, 0.2) is 65.1 Å². The largest absolute Gasteiger partial charge is 0.494 e. The molecule has 0 atom stereocenters. The molecule has 1 aromatic heterocycles. The Morgan fingerprint density at radius 3 is 2.61 bits per heavy atom. The standard InChI is InChI=1S/C21H23ClN4OS/c1-16(2)11-12-27-20-9-5-17(6-10-20)13-24-26-15-23-25-21(26)28-14-18-3-7-19(22)8-4-18/h3-10,13,15-16H,11-12,14H2,1-2H3/b24-13-. The lowest BCUT2D eigenvalue weighted by atomic mass is 10.1. The van der Waals surface area contributed by atoms with Gasteiger partial charge in [0.2, 0.25) is 5.16 Å². The fourth-order valence-corrected chi connectivity index (χ4v) is 3.26. The summed E-state index contributed by atoms with van der Waals surface area (Å²) in [5, 5.41) is 14.0. The van der Waals surface area contributed by atoms with E-state index < -0.39 is 0 Å². The fraction of sp³-hybridized carbons (Fsp3) is 0.286. The van der Waals surface area contributed by atoms with E-state index in [2.05, 4.69) is 29.1 Å². The zero-order valence-electron chi connectivity index (χ0n) is 16.0. The molecule has 146 valence electrons. The lowest BCUT2D eigenvalue weighted by Gasteiger charge is -2.08. The summed E-state index contributed by atoms with van der Waals surface area (Å²) in [6.45, 7) is 5.12. The first-order chi connectivity index (χ1) is 13.6. The van der Waals surface area contributed by atoms with Crippen LogP contribution >= 0.6 is 23.4 Å². The molecule has 5 nitrogen and oxygen atoms in total. The maximum Gasteiger partial charge on any atom is 0.212 e. The van der Waals surface area contributed by atoms with Gasteiger partial charge >= 0.3 is 0 Å². The molecule has 0 aliphatic rings. The van der Waals surface area contributed by atoms with Gasteiger partial charge in [0, 0.05) is 10.8 Å². The Morgan fingerprint density at radius 1 is 1.14 bits per heavy atom. The van der Waals surface area contributed by atoms with E-state index in [4.69, 9.17) is 16.3 Å². The molecule has 0 saturated heterocycles. The first-order valence-corrected chi connectivity index (χ1v) is 10.5. The zero-order valence-corrected chi connectivity index (χ0v) is 17.5. The Labute approximate surface area is 174 Å². The van der Waals surface area contributed by atoms with Gasteiger partial charge < -0.3 is 4.74 Å². The van der Waals surface area contributed by atoms with Crippen molar-refractivity contribution < 1.29 is 4.74 Å². The van der Waals surface area contributed by atoms with Crippen LogP contribution in [-0.4, -0.2) is 27.7 Å². The van der Waals surface area contributed by atoms with Crippen molar-refractivity contribution in [1.29, 1.82) is 0 Å². The molecule has 0 aliphatic carbocycles. The Morgan fingerprint density at radius 2 is 1.89 bits per heavy atom. The molecule has 0 saturated carbocycles. The van der Waals surface area contributed by atoms with E-state index in [0.717, 1.165) is 40.3 Å². The van der Waals surface area contributed by atoms with Crippen molar-refractivity contribution in [2.24, 2.45) is 11.0 Å². The number of benzene rings is 2. The molecule has 0 spiro atoms. The minimum atomic E-state index is 0.641. The van der Waals surface area contributed by atoms with Gasteiger partial charge in [-0.1, -0.05) is 49.3 Å². The monoisotopic (exact) mass is 414 g/mol. The molecule has 7 heteroatoms. The van der Waals surface area contributed by atoms with E-state index in [9.17, 15) is 0 Å². The summed E-state index contributed by atoms with van der Waals surface area (Å²) in [5.41, 5.74) is 2.15. The molecule has 0 amide bonds. The van der Waals surface area contributed by atoms with Crippen molar-refractivity contribution in [2.75, 3.05) is 6.61 Å². The van der Waals surface area contributed by atoms with Gasteiger partial charge in [0.25, 0.3) is 0 Å². The minimum Gasteiger partial charge on any atom is -0.494 e. The molecule has 28 heavy (non-hydrogen) atoms. The van der Waals surface area contributed by atoms with Crippen molar-refractivity contribution >= 4 is 29.6 Å². The second kappa shape index (κ2) is 10.3. The van der Waals surface area contributed by atoms with E-state index >= 15 is 0 Å². The van der Waals surface area contributed by atoms with Gasteiger partial charge in [-0.3, -0.25) is 0 Å². The molecule has 0 bridgehead atoms. The van der Waals surface area contributed by atoms with E-state index in [0.29, 0.717) is 5.92 Å². The van der Waals surface area contributed by atoms with Crippen LogP contribution in [0.5, 0.6) is 5.75 Å². The van der Waals surface area contributed by atoms with Crippen LogP contribution in [0.2, 0.25) is 5.02 Å². The molecule has 0 aliphatic heterocycles. The summed E-state index contributed by atoms with van der Waals surface area (Å²) in [6, 6.07) is 15.7. The molecule has 0 radical (unpaired) electrons. The van der Waals surface area contributed by atoms with Gasteiger partial charge in [-0.25, -0.2) is 0 Å². The highest BCUT2D eigenvalue weighted by Gasteiger charge is 2.05. The maximum absolute atomic E-state index is 5.92. The zero-order chi connectivity index (χ0) is 19.8. The summed E-state index contributed by atoms with van der Waals surface area (Å²) in [5.74, 6) is 2.29. The second-order valence-electron chi connectivity index (χ2n) is 6.72. The number of hydrogen-bond donors (Lipinski definition) is 0. The molecule has 0 N–H and O–H groups in total. The highest BCUT2D eigenvalue weighted by Crippen LogP contribution is 2.21. The number of halogens is 1. The van der Waals surface area contributed by atoms with E-state index in [1.807, 2.05) is 48.5 Å². The second-order valence-corrected chi connectivity index (χ2v) is 8.10. The highest BCUT2D eigenvalue weighted by atomic mass is 35.5. The summed E-state index contributed by atoms with van der Waals surface area (Å²) < 4.78 is 7.42. The third-order valence-electron chi connectivity index (χ3n) is 3.96. The van der Waals surface area contributed by atoms with Gasteiger partial charge in [0.15, 0.2) is 0 Å². The summed E-state index contributed by atoms with van der Waals surface area (Å²) >= 11 is 7.50. The average molecular weight is 415 g/mol. The first kappa shape index (κ1) is 20.4. The number of hydrogen-bond acceptors (Lipinski definition) is 5. The van der Waals surface area contributed by atoms with Crippen LogP contribution < -0.4 is 4.74 Å². The van der Waals surface area contributed by atoms with Gasteiger partial charge in [-0.05, 0) is 59.9 Å². The van der Waals surface area contributed by atoms with Crippen molar-refractivity contribution in [3.05, 3.63) is 71.0 Å². The van der Waals surface area contributed by atoms with Gasteiger partial charge in [0.05, 0.1) is 12.8 Å². The van der Waals surface area contributed by atoms with Crippen molar-refractivity contribution in [2.45, 2.75) is 31.2 Å². The Hall–Kier alpha value is -2.31. The van der Waals surface area contributed by atoms with Crippen LogP contribution in [0.4, 0.5) is 0 Å². The van der Waals surface area contributed by atoms with Crippen molar-refractivity contribution in [3.63, 3.8) is 0 Å². The third kappa shape index (κ3) is 6.39. The van der Waals surface area contributed by atoms with Crippen LogP contribution in [0, 0.1) is 5.92 Å². The topological polar surface area (TPSA) is 52.3 Å². The smallest absolute Gasteiger partial charge is 0.212 e. The Balaban J connectivity index is 1.56. The van der Waals surface area contributed by atoms with Crippen LogP contribution in [-0.2, 0) is 5.75 Å². The molecule has 1 heterocycles. The maximum atomic E-state index is 5.92. The molecule has 0 fully saturated rings. The van der Waals surface area contributed by atoms with Gasteiger partial charge in [0.1, 0.15) is 12.1 Å². The number of rotatable bonds is 9. The lowest BCUT2D eigenvalue weighted by molar-refractivity contribution is 0.289. The predicted molar refractivity (Wildman–Crippen MR) is 115 cm³/mol. The molecule has 3 rings (SSSR count). The molecular formula is C21H23ClN4OS. The molecule has 2 aromatic carbocycles. The average Bonchev–Trinajstić information content (AvgIpc) is 3.14. The molecule has 0 unspecified atom stereocenters. The summed E-state index contributed by atoms with van der Waals surface area (Å²) in [7, 11) is 0. The fourth-order valence-electron chi connectivity index (χ4n) is 2.31. The van der Waals surface area contributed by atoms with Gasteiger partial charge in [-0.2, -0.15) is 9.78 Å². The van der Waals surface area contributed by atoms with Crippen molar-refractivity contribution in [1.82, 2.24) is 14.9 Å². The lowest BCUT2D eigenvalue weighted by Crippen LogP contribution is -2.01. The van der Waals surface area contributed by atoms with Crippen LogP contribution in [0.3, 0.4) is 0 Å². The highest BCUT2D eigenvalue weighted by molar-refractivity contribution is 7.98. The number of thioether (sulfide) groups is 1. The first-order valence-electron chi connectivity index (χ1n) is 9.14. The van der Waals surface area contributed by atoms with E-state index in [1.54, 1.807) is 29.0 Å². The molecular weight excluding hydrogens is 392 g/mol. The minimum absolute atomic E-state index is 0.641. The number of nitrogens with zero attached hydrogens (tertiary/aromatic N) is 4. The Kier molecular flexibility index (Phi) is 7.51. The third-order valence-corrected chi connectivity index (χ3v) is 5.21. The Bertz CT molecular complexity index is 892.